The SMILES string of the molecule is COC(=O)[C@H](CO)NC(=O)Cc1coc2ccc3ccccc3c12. The van der Waals surface area contributed by atoms with Crippen molar-refractivity contribution < 1.29 is 23.8 Å². The number of hydrogen-bond acceptors (Lipinski definition) is 5. The third-order valence-corrected chi connectivity index (χ3v) is 3.89. The number of hydrogen-bond donors (Lipinski definition) is 2. The maximum atomic E-state index is 12.2. The van der Waals surface area contributed by atoms with Crippen LogP contribution in [0.4, 0.5) is 0 Å². The lowest BCUT2D eigenvalue weighted by Crippen LogP contribution is -2.44. The normalized spacial score (nSPS) is 12.2. The Hall–Kier alpha value is -2.86. The first-order valence-corrected chi connectivity index (χ1v) is 7.50. The van der Waals surface area contributed by atoms with E-state index >= 15 is 0 Å². The van der Waals surface area contributed by atoms with Gasteiger partial charge in [0, 0.05) is 10.9 Å². The molecule has 0 saturated carbocycles. The van der Waals surface area contributed by atoms with Crippen molar-refractivity contribution in [2.45, 2.75) is 12.5 Å². The average Bonchev–Trinajstić information content (AvgIpc) is 3.02. The largest absolute Gasteiger partial charge is 0.467 e. The van der Waals surface area contributed by atoms with Crippen molar-refractivity contribution in [2.75, 3.05) is 13.7 Å². The number of esters is 1. The van der Waals surface area contributed by atoms with E-state index in [1.807, 2.05) is 36.4 Å². The number of nitrogens with one attached hydrogen (secondary N) is 1. The van der Waals surface area contributed by atoms with E-state index in [4.69, 9.17) is 4.42 Å². The van der Waals surface area contributed by atoms with Crippen LogP contribution in [0, 0.1) is 0 Å². The van der Waals surface area contributed by atoms with Gasteiger partial charge in [0.05, 0.1) is 26.4 Å². The Morgan fingerprint density at radius 1 is 1.25 bits per heavy atom. The molecule has 3 rings (SSSR count). The van der Waals surface area contributed by atoms with Crippen LogP contribution in [0.3, 0.4) is 0 Å². The number of fused-ring (bicyclic) bond motifs is 3. The van der Waals surface area contributed by atoms with Gasteiger partial charge in [0.1, 0.15) is 5.58 Å². The number of furan rings is 1. The van der Waals surface area contributed by atoms with Gasteiger partial charge in [-0.2, -0.15) is 0 Å². The highest BCUT2D eigenvalue weighted by atomic mass is 16.5. The van der Waals surface area contributed by atoms with Crippen molar-refractivity contribution in [3.63, 3.8) is 0 Å². The number of ether oxygens (including phenoxy) is 1. The van der Waals surface area contributed by atoms with Gasteiger partial charge >= 0.3 is 5.97 Å². The first-order valence-electron chi connectivity index (χ1n) is 7.50. The molecule has 24 heavy (non-hydrogen) atoms. The van der Waals surface area contributed by atoms with Crippen LogP contribution in [0.2, 0.25) is 0 Å². The summed E-state index contributed by atoms with van der Waals surface area (Å²) in [6, 6.07) is 10.6. The molecule has 0 fully saturated rings. The van der Waals surface area contributed by atoms with Crippen LogP contribution in [0.1, 0.15) is 5.56 Å². The smallest absolute Gasteiger partial charge is 0.330 e. The summed E-state index contributed by atoms with van der Waals surface area (Å²) in [6.07, 6.45) is 1.58. The fourth-order valence-corrected chi connectivity index (χ4v) is 2.74. The fourth-order valence-electron chi connectivity index (χ4n) is 2.74. The van der Waals surface area contributed by atoms with Gasteiger partial charge in [0.15, 0.2) is 6.04 Å². The lowest BCUT2D eigenvalue weighted by Gasteiger charge is -2.13. The molecule has 6 nitrogen and oxygen atoms in total. The van der Waals surface area contributed by atoms with Crippen LogP contribution >= 0.6 is 0 Å². The van der Waals surface area contributed by atoms with E-state index in [0.29, 0.717) is 5.58 Å². The fraction of sp³-hybridized carbons (Fsp3) is 0.222. The second kappa shape index (κ2) is 6.72. The van der Waals surface area contributed by atoms with Gasteiger partial charge in [0.2, 0.25) is 5.91 Å². The molecule has 0 aliphatic heterocycles. The Labute approximate surface area is 138 Å². The predicted molar refractivity (Wildman–Crippen MR) is 88.5 cm³/mol. The molecule has 2 N–H and O–H groups in total. The quantitative estimate of drug-likeness (QED) is 0.697. The molecule has 0 unspecified atom stereocenters. The van der Waals surface area contributed by atoms with Gasteiger partial charge in [-0.3, -0.25) is 4.79 Å². The molecule has 1 atom stereocenters. The summed E-state index contributed by atoms with van der Waals surface area (Å²) in [5.41, 5.74) is 1.42. The zero-order valence-electron chi connectivity index (χ0n) is 13.1. The van der Waals surface area contributed by atoms with E-state index in [0.717, 1.165) is 21.7 Å². The molecule has 1 amide bonds. The van der Waals surface area contributed by atoms with Gasteiger partial charge in [-0.1, -0.05) is 30.3 Å². The Bertz CT molecular complexity index is 899. The first kappa shape index (κ1) is 16.0. The van der Waals surface area contributed by atoms with Gasteiger partial charge in [-0.25, -0.2) is 4.79 Å². The van der Waals surface area contributed by atoms with Crippen molar-refractivity contribution in [1.82, 2.24) is 5.32 Å². The Balaban J connectivity index is 1.89. The maximum absolute atomic E-state index is 12.2. The standard InChI is InChI=1S/C18H17NO5/c1-23-18(22)14(9-20)19-16(21)8-12-10-24-15-7-6-11-4-2-3-5-13(11)17(12)15/h2-7,10,14,20H,8-9H2,1H3,(H,19,21)/t14-/m0/s1. The summed E-state index contributed by atoms with van der Waals surface area (Å²) in [5, 5.41) is 14.6. The minimum Gasteiger partial charge on any atom is -0.467 e. The summed E-state index contributed by atoms with van der Waals surface area (Å²) < 4.78 is 10.1. The molecular weight excluding hydrogens is 310 g/mol. The number of methoxy groups -OCH3 is 1. The minimum atomic E-state index is -1.07. The molecule has 3 aromatic rings. The molecule has 0 spiro atoms. The van der Waals surface area contributed by atoms with Crippen LogP contribution < -0.4 is 5.32 Å². The molecular formula is C18H17NO5. The topological polar surface area (TPSA) is 88.8 Å². The summed E-state index contributed by atoms with van der Waals surface area (Å²) in [7, 11) is 1.20. The molecule has 0 bridgehead atoms. The Morgan fingerprint density at radius 2 is 2.04 bits per heavy atom. The van der Waals surface area contributed by atoms with E-state index in [2.05, 4.69) is 10.1 Å². The minimum absolute atomic E-state index is 0.0362. The summed E-state index contributed by atoms with van der Waals surface area (Å²) >= 11 is 0. The molecule has 0 aliphatic rings. The highest BCUT2D eigenvalue weighted by Gasteiger charge is 2.21. The monoisotopic (exact) mass is 327 g/mol. The van der Waals surface area contributed by atoms with Crippen molar-refractivity contribution in [3.8, 4) is 0 Å². The molecule has 0 radical (unpaired) electrons. The van der Waals surface area contributed by atoms with Crippen LogP contribution in [0.25, 0.3) is 21.7 Å². The molecule has 6 heteroatoms. The third kappa shape index (κ3) is 2.96. The van der Waals surface area contributed by atoms with Gasteiger partial charge < -0.3 is 19.6 Å². The van der Waals surface area contributed by atoms with E-state index in [-0.39, 0.29) is 6.42 Å². The lowest BCUT2D eigenvalue weighted by atomic mass is 10.0. The number of aliphatic hydroxyl groups is 1. The first-order chi connectivity index (χ1) is 11.6. The van der Waals surface area contributed by atoms with Crippen molar-refractivity contribution in [3.05, 3.63) is 48.2 Å². The average molecular weight is 327 g/mol. The van der Waals surface area contributed by atoms with Gasteiger partial charge in [-0.05, 0) is 16.8 Å². The van der Waals surface area contributed by atoms with E-state index in [9.17, 15) is 14.7 Å². The highest BCUT2D eigenvalue weighted by Crippen LogP contribution is 2.30. The van der Waals surface area contributed by atoms with Crippen LogP contribution in [-0.4, -0.2) is 36.7 Å². The summed E-state index contributed by atoms with van der Waals surface area (Å²) in [5.74, 6) is -1.08. The number of aliphatic hydroxyl groups excluding tert-OH is 1. The van der Waals surface area contributed by atoms with Gasteiger partial charge in [-0.15, -0.1) is 0 Å². The second-order valence-corrected chi connectivity index (χ2v) is 5.42. The number of rotatable bonds is 5. The van der Waals surface area contributed by atoms with Crippen LogP contribution in [0.5, 0.6) is 0 Å². The Morgan fingerprint density at radius 3 is 2.79 bits per heavy atom. The van der Waals surface area contributed by atoms with Gasteiger partial charge in [0.25, 0.3) is 0 Å². The molecule has 2 aromatic carbocycles. The maximum Gasteiger partial charge on any atom is 0.330 e. The molecule has 0 aliphatic carbocycles. The molecule has 0 saturated heterocycles. The molecule has 1 heterocycles. The van der Waals surface area contributed by atoms with Crippen molar-refractivity contribution >= 4 is 33.6 Å². The zero-order valence-corrected chi connectivity index (χ0v) is 13.1. The van der Waals surface area contributed by atoms with Crippen LogP contribution in [0.15, 0.2) is 47.1 Å². The molecule has 1 aromatic heterocycles. The number of benzene rings is 2. The second-order valence-electron chi connectivity index (χ2n) is 5.42. The van der Waals surface area contributed by atoms with E-state index in [1.165, 1.54) is 7.11 Å². The van der Waals surface area contributed by atoms with E-state index in [1.54, 1.807) is 6.26 Å². The molecule has 124 valence electrons. The van der Waals surface area contributed by atoms with Crippen molar-refractivity contribution in [2.24, 2.45) is 0 Å². The number of carbonyl (C=O) groups excluding carboxylic acids is 2. The van der Waals surface area contributed by atoms with E-state index < -0.39 is 24.5 Å². The highest BCUT2D eigenvalue weighted by molar-refractivity contribution is 6.08. The summed E-state index contributed by atoms with van der Waals surface area (Å²) in [6.45, 7) is -0.520. The lowest BCUT2D eigenvalue weighted by molar-refractivity contribution is -0.146. The number of carbonyl (C=O) groups is 2. The zero-order chi connectivity index (χ0) is 17.1. The van der Waals surface area contributed by atoms with Crippen molar-refractivity contribution in [1.29, 1.82) is 0 Å². The van der Waals surface area contributed by atoms with Crippen LogP contribution in [-0.2, 0) is 20.7 Å². The third-order valence-electron chi connectivity index (χ3n) is 3.89. The summed E-state index contributed by atoms with van der Waals surface area (Å²) in [4.78, 5) is 23.7. The predicted octanol–water partition coefficient (Wildman–Crippen LogP) is 1.78. The number of amides is 1. The Kier molecular flexibility index (Phi) is 4.48.